The Hall–Kier alpha value is -0.120. The summed E-state index contributed by atoms with van der Waals surface area (Å²) < 4.78 is 5.99. The molecular weight excluding hydrogens is 238 g/mol. The summed E-state index contributed by atoms with van der Waals surface area (Å²) in [6.45, 7) is 13.4. The van der Waals surface area contributed by atoms with Crippen LogP contribution in [-0.4, -0.2) is 37.0 Å². The van der Waals surface area contributed by atoms with Gasteiger partial charge >= 0.3 is 0 Å². The van der Waals surface area contributed by atoms with Crippen molar-refractivity contribution in [3.8, 4) is 0 Å². The van der Waals surface area contributed by atoms with E-state index in [4.69, 9.17) is 9.84 Å². The quantitative estimate of drug-likeness (QED) is 0.677. The van der Waals surface area contributed by atoms with Gasteiger partial charge in [0.2, 0.25) is 0 Å². The molecule has 3 unspecified atom stereocenters. The van der Waals surface area contributed by atoms with Crippen LogP contribution in [0.2, 0.25) is 0 Å². The van der Waals surface area contributed by atoms with Crippen LogP contribution in [0.3, 0.4) is 0 Å². The highest BCUT2D eigenvalue weighted by molar-refractivity contribution is 5.02. The first-order valence-electron chi connectivity index (χ1n) is 7.87. The lowest BCUT2D eigenvalue weighted by Crippen LogP contribution is -2.61. The summed E-state index contributed by atoms with van der Waals surface area (Å²) in [5.41, 5.74) is 0.229. The molecule has 0 heterocycles. The molecule has 0 spiro atoms. The number of aliphatic hydroxyl groups is 1. The standard InChI is InChI=1S/C16H33NO2/c1-6-13(7-8-18)10-17-14-9-15(16(14,4)5)19-11-12(2)3/h12-15,17-18H,6-11H2,1-5H3. The van der Waals surface area contributed by atoms with Crippen molar-refractivity contribution < 1.29 is 9.84 Å². The Balaban J connectivity index is 2.30. The molecule has 0 saturated heterocycles. The molecule has 1 fully saturated rings. The van der Waals surface area contributed by atoms with Gasteiger partial charge in [-0.1, -0.05) is 41.0 Å². The maximum Gasteiger partial charge on any atom is 0.0656 e. The average Bonchev–Trinajstić information content (AvgIpc) is 2.35. The first-order chi connectivity index (χ1) is 8.91. The number of hydrogen-bond donors (Lipinski definition) is 2. The maximum atomic E-state index is 9.02. The Labute approximate surface area is 119 Å². The van der Waals surface area contributed by atoms with Gasteiger partial charge in [-0.2, -0.15) is 0 Å². The molecule has 0 radical (unpaired) electrons. The predicted octanol–water partition coefficient (Wildman–Crippen LogP) is 2.82. The molecule has 19 heavy (non-hydrogen) atoms. The number of ether oxygens (including phenoxy) is 1. The highest BCUT2D eigenvalue weighted by Crippen LogP contribution is 2.43. The molecule has 0 amide bonds. The lowest BCUT2D eigenvalue weighted by Gasteiger charge is -2.52. The molecule has 3 heteroatoms. The first kappa shape index (κ1) is 16.9. The summed E-state index contributed by atoms with van der Waals surface area (Å²) in [6.07, 6.45) is 3.55. The van der Waals surface area contributed by atoms with Crippen LogP contribution < -0.4 is 5.32 Å². The lowest BCUT2D eigenvalue weighted by atomic mass is 9.64. The minimum atomic E-state index is 0.229. The minimum Gasteiger partial charge on any atom is -0.396 e. The van der Waals surface area contributed by atoms with Crippen molar-refractivity contribution in [2.24, 2.45) is 17.3 Å². The Morgan fingerprint density at radius 1 is 1.37 bits per heavy atom. The monoisotopic (exact) mass is 271 g/mol. The zero-order valence-corrected chi connectivity index (χ0v) is 13.4. The average molecular weight is 271 g/mol. The van der Waals surface area contributed by atoms with Crippen LogP contribution in [0.4, 0.5) is 0 Å². The van der Waals surface area contributed by atoms with E-state index >= 15 is 0 Å². The molecule has 0 aromatic rings. The molecule has 1 aliphatic rings. The summed E-state index contributed by atoms with van der Waals surface area (Å²) in [4.78, 5) is 0. The van der Waals surface area contributed by atoms with Gasteiger partial charge in [0, 0.05) is 24.7 Å². The van der Waals surface area contributed by atoms with Gasteiger partial charge in [-0.25, -0.2) is 0 Å². The molecular formula is C16H33NO2. The summed E-state index contributed by atoms with van der Waals surface area (Å²) in [5, 5.41) is 12.7. The van der Waals surface area contributed by atoms with Gasteiger partial charge in [0.05, 0.1) is 6.10 Å². The SMILES string of the molecule is CCC(CCO)CNC1CC(OCC(C)C)C1(C)C. The van der Waals surface area contributed by atoms with E-state index in [2.05, 4.69) is 39.9 Å². The van der Waals surface area contributed by atoms with Gasteiger partial charge in [-0.15, -0.1) is 0 Å². The van der Waals surface area contributed by atoms with Crippen molar-refractivity contribution in [3.63, 3.8) is 0 Å². The van der Waals surface area contributed by atoms with Crippen molar-refractivity contribution in [1.29, 1.82) is 0 Å². The number of nitrogens with one attached hydrogen (secondary N) is 1. The minimum absolute atomic E-state index is 0.229. The first-order valence-corrected chi connectivity index (χ1v) is 7.87. The molecule has 0 bridgehead atoms. The fourth-order valence-corrected chi connectivity index (χ4v) is 2.77. The van der Waals surface area contributed by atoms with Gasteiger partial charge in [-0.3, -0.25) is 0 Å². The highest BCUT2D eigenvalue weighted by atomic mass is 16.5. The highest BCUT2D eigenvalue weighted by Gasteiger charge is 2.48. The van der Waals surface area contributed by atoms with Gasteiger partial charge < -0.3 is 15.2 Å². The van der Waals surface area contributed by atoms with Crippen LogP contribution >= 0.6 is 0 Å². The fraction of sp³-hybridized carbons (Fsp3) is 1.00. The van der Waals surface area contributed by atoms with E-state index in [1.54, 1.807) is 0 Å². The molecule has 3 atom stereocenters. The van der Waals surface area contributed by atoms with Crippen molar-refractivity contribution in [2.75, 3.05) is 19.8 Å². The van der Waals surface area contributed by atoms with E-state index in [9.17, 15) is 0 Å². The molecule has 114 valence electrons. The third kappa shape index (κ3) is 4.73. The Morgan fingerprint density at radius 3 is 2.53 bits per heavy atom. The number of aliphatic hydroxyl groups excluding tert-OH is 1. The maximum absolute atomic E-state index is 9.02. The predicted molar refractivity (Wildman–Crippen MR) is 80.3 cm³/mol. The van der Waals surface area contributed by atoms with Crippen LogP contribution in [0.25, 0.3) is 0 Å². The van der Waals surface area contributed by atoms with Crippen LogP contribution in [0.15, 0.2) is 0 Å². The molecule has 1 saturated carbocycles. The van der Waals surface area contributed by atoms with Gasteiger partial charge in [0.1, 0.15) is 0 Å². The van der Waals surface area contributed by atoms with Gasteiger partial charge in [0.25, 0.3) is 0 Å². The van der Waals surface area contributed by atoms with E-state index in [1.807, 2.05) is 0 Å². The van der Waals surface area contributed by atoms with Crippen LogP contribution in [0.1, 0.15) is 53.9 Å². The molecule has 1 aliphatic carbocycles. The lowest BCUT2D eigenvalue weighted by molar-refractivity contribution is -0.124. The van der Waals surface area contributed by atoms with Crippen molar-refractivity contribution in [2.45, 2.75) is 66.0 Å². The van der Waals surface area contributed by atoms with Crippen LogP contribution in [-0.2, 0) is 4.74 Å². The van der Waals surface area contributed by atoms with E-state index in [-0.39, 0.29) is 5.41 Å². The van der Waals surface area contributed by atoms with Crippen LogP contribution in [0.5, 0.6) is 0 Å². The molecule has 2 N–H and O–H groups in total. The molecule has 0 aliphatic heterocycles. The third-order valence-electron chi connectivity index (χ3n) is 4.58. The second-order valence-electron chi connectivity index (χ2n) is 7.02. The van der Waals surface area contributed by atoms with E-state index < -0.39 is 0 Å². The summed E-state index contributed by atoms with van der Waals surface area (Å²) in [7, 11) is 0. The zero-order chi connectivity index (χ0) is 14.5. The third-order valence-corrected chi connectivity index (χ3v) is 4.58. The second-order valence-corrected chi connectivity index (χ2v) is 7.02. The van der Waals surface area contributed by atoms with E-state index in [0.717, 1.165) is 32.4 Å². The van der Waals surface area contributed by atoms with Crippen molar-refractivity contribution in [3.05, 3.63) is 0 Å². The number of hydrogen-bond acceptors (Lipinski definition) is 3. The van der Waals surface area contributed by atoms with Crippen molar-refractivity contribution in [1.82, 2.24) is 5.32 Å². The second kappa shape index (κ2) is 7.61. The van der Waals surface area contributed by atoms with Gasteiger partial charge in [-0.05, 0) is 31.2 Å². The summed E-state index contributed by atoms with van der Waals surface area (Å²) >= 11 is 0. The van der Waals surface area contributed by atoms with E-state index in [0.29, 0.717) is 30.6 Å². The molecule has 3 nitrogen and oxygen atoms in total. The molecule has 1 rings (SSSR count). The summed E-state index contributed by atoms with van der Waals surface area (Å²) in [5.74, 6) is 1.20. The largest absolute Gasteiger partial charge is 0.396 e. The topological polar surface area (TPSA) is 41.5 Å². The summed E-state index contributed by atoms with van der Waals surface area (Å²) in [6, 6.07) is 0.553. The smallest absolute Gasteiger partial charge is 0.0656 e. The molecule has 0 aromatic heterocycles. The Morgan fingerprint density at radius 2 is 2.05 bits per heavy atom. The molecule has 0 aromatic carbocycles. The Bertz CT molecular complexity index is 253. The number of rotatable bonds is 9. The Kier molecular flexibility index (Phi) is 6.78. The fourth-order valence-electron chi connectivity index (χ4n) is 2.77. The van der Waals surface area contributed by atoms with Gasteiger partial charge in [0.15, 0.2) is 0 Å². The normalized spacial score (nSPS) is 27.3. The van der Waals surface area contributed by atoms with Crippen molar-refractivity contribution >= 4 is 0 Å². The zero-order valence-electron chi connectivity index (χ0n) is 13.4. The van der Waals surface area contributed by atoms with Crippen LogP contribution in [0, 0.1) is 17.3 Å². The van der Waals surface area contributed by atoms with E-state index in [1.165, 1.54) is 0 Å².